The number of hydrogen-bond donors (Lipinski definition) is 1. The van der Waals surface area contributed by atoms with Crippen molar-refractivity contribution in [2.75, 3.05) is 20.8 Å². The number of rotatable bonds is 4. The molecular formula is C15H22O3. The Balaban J connectivity index is 2.66. The number of benzene rings is 1. The summed E-state index contributed by atoms with van der Waals surface area (Å²) in [7, 11) is 3.41. The lowest BCUT2D eigenvalue weighted by Gasteiger charge is -2.27. The predicted octanol–water partition coefficient (Wildman–Crippen LogP) is 2.46. The smallest absolute Gasteiger partial charge is 0.126 e. The summed E-state index contributed by atoms with van der Waals surface area (Å²) in [5.74, 6) is 1.86. The van der Waals surface area contributed by atoms with Crippen LogP contribution in [0.5, 0.6) is 11.5 Å². The number of fused-ring (bicyclic) bond motifs is 1. The molecule has 1 aliphatic rings. The van der Waals surface area contributed by atoms with E-state index in [1.165, 1.54) is 11.1 Å². The van der Waals surface area contributed by atoms with E-state index in [1.54, 1.807) is 14.2 Å². The maximum absolute atomic E-state index is 9.58. The molecule has 1 aromatic rings. The van der Waals surface area contributed by atoms with Gasteiger partial charge in [-0.1, -0.05) is 13.8 Å². The van der Waals surface area contributed by atoms with Crippen LogP contribution in [0, 0.1) is 0 Å². The number of aliphatic hydroxyl groups excluding tert-OH is 1. The van der Waals surface area contributed by atoms with E-state index in [1.807, 2.05) is 19.9 Å². The Morgan fingerprint density at radius 3 is 2.39 bits per heavy atom. The molecule has 18 heavy (non-hydrogen) atoms. The van der Waals surface area contributed by atoms with E-state index in [4.69, 9.17) is 9.47 Å². The second-order valence-electron chi connectivity index (χ2n) is 5.51. The minimum absolute atomic E-state index is 0.0886. The average molecular weight is 250 g/mol. The summed E-state index contributed by atoms with van der Waals surface area (Å²) in [6.45, 7) is 4.13. The first-order chi connectivity index (χ1) is 8.55. The maximum atomic E-state index is 9.58. The van der Waals surface area contributed by atoms with E-state index in [2.05, 4.69) is 0 Å². The largest absolute Gasteiger partial charge is 0.496 e. The highest BCUT2D eigenvalue weighted by Crippen LogP contribution is 2.44. The van der Waals surface area contributed by atoms with Crippen molar-refractivity contribution in [3.63, 3.8) is 0 Å². The molecule has 2 rings (SSSR count). The first-order valence-corrected chi connectivity index (χ1v) is 6.43. The molecule has 3 nitrogen and oxygen atoms in total. The molecule has 0 spiro atoms. The molecule has 0 saturated carbocycles. The summed E-state index contributed by atoms with van der Waals surface area (Å²) in [6.07, 6.45) is 3.23. The van der Waals surface area contributed by atoms with Crippen LogP contribution >= 0.6 is 0 Å². The van der Waals surface area contributed by atoms with Gasteiger partial charge in [-0.05, 0) is 25.3 Å². The topological polar surface area (TPSA) is 38.7 Å². The average Bonchev–Trinajstić information content (AvgIpc) is 2.85. The third-order valence-electron chi connectivity index (χ3n) is 3.86. The van der Waals surface area contributed by atoms with Gasteiger partial charge in [-0.25, -0.2) is 0 Å². The fourth-order valence-corrected chi connectivity index (χ4v) is 2.72. The standard InChI is InChI=1S/C15H22O3/c1-15(2,9-16)12-8-13(17-3)10-6-5-7-11(10)14(12)18-4/h8,16H,5-7,9H2,1-4H3. The van der Waals surface area contributed by atoms with Crippen LogP contribution in [0.3, 0.4) is 0 Å². The van der Waals surface area contributed by atoms with E-state index < -0.39 is 0 Å². The molecule has 0 heterocycles. The molecule has 0 aromatic heterocycles. The molecule has 0 saturated heterocycles. The van der Waals surface area contributed by atoms with E-state index in [0.29, 0.717) is 0 Å². The second-order valence-corrected chi connectivity index (χ2v) is 5.51. The Bertz CT molecular complexity index is 450. The minimum Gasteiger partial charge on any atom is -0.496 e. The second kappa shape index (κ2) is 4.81. The Morgan fingerprint density at radius 1 is 1.17 bits per heavy atom. The van der Waals surface area contributed by atoms with Crippen LogP contribution in [0.2, 0.25) is 0 Å². The predicted molar refractivity (Wildman–Crippen MR) is 71.7 cm³/mol. The van der Waals surface area contributed by atoms with Gasteiger partial charge in [-0.2, -0.15) is 0 Å². The van der Waals surface area contributed by atoms with Gasteiger partial charge in [0.05, 0.1) is 20.8 Å². The summed E-state index contributed by atoms with van der Waals surface area (Å²) < 4.78 is 11.1. The van der Waals surface area contributed by atoms with Crippen LogP contribution in [0.15, 0.2) is 6.07 Å². The van der Waals surface area contributed by atoms with Crippen molar-refractivity contribution in [2.24, 2.45) is 0 Å². The summed E-state index contributed by atoms with van der Waals surface area (Å²) >= 11 is 0. The summed E-state index contributed by atoms with van der Waals surface area (Å²) in [5, 5.41) is 9.58. The van der Waals surface area contributed by atoms with Crippen molar-refractivity contribution in [1.82, 2.24) is 0 Å². The van der Waals surface area contributed by atoms with Gasteiger partial charge < -0.3 is 14.6 Å². The third-order valence-corrected chi connectivity index (χ3v) is 3.86. The summed E-state index contributed by atoms with van der Waals surface area (Å²) in [5.41, 5.74) is 3.24. The van der Waals surface area contributed by atoms with Crippen LogP contribution in [0.25, 0.3) is 0 Å². The lowest BCUT2D eigenvalue weighted by Crippen LogP contribution is -2.23. The van der Waals surface area contributed by atoms with Gasteiger partial charge in [-0.15, -0.1) is 0 Å². The fraction of sp³-hybridized carbons (Fsp3) is 0.600. The van der Waals surface area contributed by atoms with Gasteiger partial charge in [0.1, 0.15) is 11.5 Å². The molecule has 0 radical (unpaired) electrons. The van der Waals surface area contributed by atoms with Crippen molar-refractivity contribution < 1.29 is 14.6 Å². The van der Waals surface area contributed by atoms with E-state index in [9.17, 15) is 5.11 Å². The van der Waals surface area contributed by atoms with Crippen LogP contribution in [0.4, 0.5) is 0 Å². The van der Waals surface area contributed by atoms with Gasteiger partial charge in [0.15, 0.2) is 0 Å². The maximum Gasteiger partial charge on any atom is 0.126 e. The van der Waals surface area contributed by atoms with Gasteiger partial charge >= 0.3 is 0 Å². The molecule has 0 amide bonds. The fourth-order valence-electron chi connectivity index (χ4n) is 2.72. The minimum atomic E-state index is -0.323. The zero-order valence-electron chi connectivity index (χ0n) is 11.7. The van der Waals surface area contributed by atoms with Crippen molar-refractivity contribution in [3.8, 4) is 11.5 Å². The normalized spacial score (nSPS) is 14.5. The first-order valence-electron chi connectivity index (χ1n) is 6.43. The monoisotopic (exact) mass is 250 g/mol. The highest BCUT2D eigenvalue weighted by Gasteiger charge is 2.30. The Hall–Kier alpha value is -1.22. The van der Waals surface area contributed by atoms with Gasteiger partial charge in [-0.3, -0.25) is 0 Å². The SMILES string of the molecule is COc1cc(C(C)(C)CO)c(OC)c2c1CCC2. The van der Waals surface area contributed by atoms with Crippen LogP contribution in [-0.2, 0) is 18.3 Å². The van der Waals surface area contributed by atoms with Crippen LogP contribution < -0.4 is 9.47 Å². The summed E-state index contributed by atoms with van der Waals surface area (Å²) in [4.78, 5) is 0. The molecule has 100 valence electrons. The third kappa shape index (κ3) is 1.97. The van der Waals surface area contributed by atoms with Crippen molar-refractivity contribution >= 4 is 0 Å². The molecule has 0 atom stereocenters. The molecule has 0 aliphatic heterocycles. The van der Waals surface area contributed by atoms with E-state index >= 15 is 0 Å². The number of hydrogen-bond acceptors (Lipinski definition) is 3. The Labute approximate surface area is 109 Å². The highest BCUT2D eigenvalue weighted by atomic mass is 16.5. The van der Waals surface area contributed by atoms with Crippen molar-refractivity contribution in [1.29, 1.82) is 0 Å². The van der Waals surface area contributed by atoms with Gasteiger partial charge in [0.25, 0.3) is 0 Å². The molecule has 0 bridgehead atoms. The quantitative estimate of drug-likeness (QED) is 0.892. The Kier molecular flexibility index (Phi) is 3.53. The zero-order valence-corrected chi connectivity index (χ0v) is 11.7. The van der Waals surface area contributed by atoms with Crippen molar-refractivity contribution in [2.45, 2.75) is 38.5 Å². The van der Waals surface area contributed by atoms with E-state index in [-0.39, 0.29) is 12.0 Å². The van der Waals surface area contributed by atoms with Gasteiger partial charge in [0, 0.05) is 22.1 Å². The van der Waals surface area contributed by atoms with E-state index in [0.717, 1.165) is 36.3 Å². The molecule has 1 aromatic carbocycles. The molecular weight excluding hydrogens is 228 g/mol. The Morgan fingerprint density at radius 2 is 1.83 bits per heavy atom. The number of ether oxygens (including phenoxy) is 2. The van der Waals surface area contributed by atoms with Crippen LogP contribution in [0.1, 0.15) is 37.0 Å². The number of aliphatic hydroxyl groups is 1. The molecule has 0 unspecified atom stereocenters. The molecule has 0 fully saturated rings. The zero-order chi connectivity index (χ0) is 13.3. The molecule has 1 N–H and O–H groups in total. The van der Waals surface area contributed by atoms with Crippen molar-refractivity contribution in [3.05, 3.63) is 22.8 Å². The molecule has 3 heteroatoms. The highest BCUT2D eigenvalue weighted by molar-refractivity contribution is 5.57. The number of methoxy groups -OCH3 is 2. The van der Waals surface area contributed by atoms with Gasteiger partial charge in [0.2, 0.25) is 0 Å². The lowest BCUT2D eigenvalue weighted by molar-refractivity contribution is 0.214. The first kappa shape index (κ1) is 13.2. The van der Waals surface area contributed by atoms with Crippen LogP contribution in [-0.4, -0.2) is 25.9 Å². The summed E-state index contributed by atoms with van der Waals surface area (Å²) in [6, 6.07) is 2.03. The molecule has 1 aliphatic carbocycles. The lowest BCUT2D eigenvalue weighted by atomic mass is 9.83.